The van der Waals surface area contributed by atoms with E-state index in [1.165, 1.54) is 31.0 Å². The van der Waals surface area contributed by atoms with E-state index in [1.807, 2.05) is 19.1 Å². The fraction of sp³-hybridized carbons (Fsp3) is 0.565. The van der Waals surface area contributed by atoms with Crippen molar-refractivity contribution >= 4 is 40.8 Å². The molecule has 2 fully saturated rings. The lowest BCUT2D eigenvalue weighted by Gasteiger charge is -2.43. The summed E-state index contributed by atoms with van der Waals surface area (Å²) in [7, 11) is 0. The minimum Gasteiger partial charge on any atom is -0.393 e. The predicted octanol–water partition coefficient (Wildman–Crippen LogP) is 5.68. The van der Waals surface area contributed by atoms with E-state index in [-0.39, 0.29) is 0 Å². The van der Waals surface area contributed by atoms with Crippen LogP contribution in [0, 0.1) is 18.3 Å². The normalized spacial score (nSPS) is 21.6. The number of hydrogen-bond donors (Lipinski definition) is 2. The molecule has 2 N–H and O–H groups in total. The standard InChI is InChI=1S/C23H29Cl2N3O2S/c1-14-5-4-8-23(14)9-11-28(12-10-23)21-20(17(30)13-29)27-22(15(2)26-21)31-18-7-3-6-16(24)19(18)25/h3,6-7,14,17,29-30H,4-5,8-13H2,1-2H3/t14-,17?/m1/s1. The SMILES string of the molecule is Cc1nc(N2CCC3(CCC[C@H]3C)CC2)c(C(O)CO)nc1Sc1cccc(Cl)c1Cl. The number of nitrogens with zero attached hydrogens (tertiary/aromatic N) is 3. The Morgan fingerprint density at radius 3 is 2.61 bits per heavy atom. The summed E-state index contributed by atoms with van der Waals surface area (Å²) < 4.78 is 0. The molecule has 1 saturated carbocycles. The summed E-state index contributed by atoms with van der Waals surface area (Å²) in [6.07, 6.45) is 5.15. The minimum atomic E-state index is -1.08. The second-order valence-corrected chi connectivity index (χ2v) is 10.6. The smallest absolute Gasteiger partial charge is 0.153 e. The lowest BCUT2D eigenvalue weighted by atomic mass is 9.71. The molecular weight excluding hydrogens is 453 g/mol. The maximum Gasteiger partial charge on any atom is 0.153 e. The van der Waals surface area contributed by atoms with E-state index in [0.717, 1.165) is 42.4 Å². The van der Waals surface area contributed by atoms with Gasteiger partial charge in [0.1, 0.15) is 16.8 Å². The summed E-state index contributed by atoms with van der Waals surface area (Å²) in [6.45, 7) is 5.70. The molecule has 2 heterocycles. The van der Waals surface area contributed by atoms with E-state index >= 15 is 0 Å². The molecule has 1 aromatic carbocycles. The van der Waals surface area contributed by atoms with Crippen LogP contribution >= 0.6 is 35.0 Å². The highest BCUT2D eigenvalue weighted by Crippen LogP contribution is 2.51. The molecule has 2 atom stereocenters. The molecule has 2 aromatic rings. The number of benzene rings is 1. The summed E-state index contributed by atoms with van der Waals surface area (Å²) in [5.41, 5.74) is 1.64. The van der Waals surface area contributed by atoms with Crippen LogP contribution in [0.1, 0.15) is 56.5 Å². The second kappa shape index (κ2) is 9.44. The Hall–Kier alpha value is -1.05. The average molecular weight is 482 g/mol. The molecule has 1 saturated heterocycles. The van der Waals surface area contributed by atoms with E-state index in [2.05, 4.69) is 11.8 Å². The molecule has 0 amide bonds. The quantitative estimate of drug-likeness (QED) is 0.572. The molecule has 2 aliphatic rings. The van der Waals surface area contributed by atoms with E-state index < -0.39 is 12.7 Å². The Labute approximate surface area is 198 Å². The van der Waals surface area contributed by atoms with Crippen LogP contribution < -0.4 is 4.90 Å². The highest BCUT2D eigenvalue weighted by Gasteiger charge is 2.43. The minimum absolute atomic E-state index is 0.401. The van der Waals surface area contributed by atoms with Crippen LogP contribution in [0.2, 0.25) is 10.0 Å². The van der Waals surface area contributed by atoms with Crippen LogP contribution in [0.25, 0.3) is 0 Å². The van der Waals surface area contributed by atoms with Gasteiger partial charge in [0.25, 0.3) is 0 Å². The number of aliphatic hydroxyl groups excluding tert-OH is 2. The third-order valence-corrected chi connectivity index (χ3v) is 9.13. The topological polar surface area (TPSA) is 69.5 Å². The van der Waals surface area contributed by atoms with Crippen molar-refractivity contribution in [2.75, 3.05) is 24.6 Å². The maximum absolute atomic E-state index is 10.5. The number of aliphatic hydroxyl groups is 2. The highest BCUT2D eigenvalue weighted by molar-refractivity contribution is 7.99. The van der Waals surface area contributed by atoms with Crippen LogP contribution in [0.3, 0.4) is 0 Å². The molecule has 1 aliphatic carbocycles. The van der Waals surface area contributed by atoms with E-state index in [4.69, 9.17) is 33.2 Å². The molecule has 1 aliphatic heterocycles. The first kappa shape index (κ1) is 23.1. The predicted molar refractivity (Wildman–Crippen MR) is 126 cm³/mol. The Morgan fingerprint density at radius 1 is 1.23 bits per heavy atom. The van der Waals surface area contributed by atoms with Crippen molar-refractivity contribution in [3.05, 3.63) is 39.6 Å². The third kappa shape index (κ3) is 4.55. The first-order valence-corrected chi connectivity index (χ1v) is 12.5. The summed E-state index contributed by atoms with van der Waals surface area (Å²) in [6, 6.07) is 5.46. The summed E-state index contributed by atoms with van der Waals surface area (Å²) in [4.78, 5) is 12.6. The first-order valence-electron chi connectivity index (χ1n) is 10.9. The molecule has 8 heteroatoms. The van der Waals surface area contributed by atoms with E-state index in [9.17, 15) is 10.2 Å². The molecule has 31 heavy (non-hydrogen) atoms. The number of aryl methyl sites for hydroxylation is 1. The molecular formula is C23H29Cl2N3O2S. The average Bonchev–Trinajstić information content (AvgIpc) is 3.12. The van der Waals surface area contributed by atoms with E-state index in [1.54, 1.807) is 6.07 Å². The highest BCUT2D eigenvalue weighted by atomic mass is 35.5. The van der Waals surface area contributed by atoms with Crippen molar-refractivity contribution in [2.45, 2.75) is 62.0 Å². The van der Waals surface area contributed by atoms with Crippen LogP contribution in [-0.2, 0) is 0 Å². The number of hydrogen-bond acceptors (Lipinski definition) is 6. The molecule has 0 bridgehead atoms. The zero-order valence-electron chi connectivity index (χ0n) is 17.9. The third-order valence-electron chi connectivity index (χ3n) is 7.06. The van der Waals surface area contributed by atoms with Gasteiger partial charge in [-0.3, -0.25) is 0 Å². The van der Waals surface area contributed by atoms with Gasteiger partial charge in [0, 0.05) is 18.0 Å². The zero-order chi connectivity index (χ0) is 22.2. The fourth-order valence-electron chi connectivity index (χ4n) is 5.03. The fourth-order valence-corrected chi connectivity index (χ4v) is 6.39. The monoisotopic (exact) mass is 481 g/mol. The molecule has 1 unspecified atom stereocenters. The Kier molecular flexibility index (Phi) is 7.04. The van der Waals surface area contributed by atoms with E-state index in [0.29, 0.717) is 32.0 Å². The number of anilines is 1. The van der Waals surface area contributed by atoms with Gasteiger partial charge in [-0.25, -0.2) is 9.97 Å². The molecule has 1 spiro atoms. The van der Waals surface area contributed by atoms with Crippen molar-refractivity contribution in [2.24, 2.45) is 11.3 Å². The van der Waals surface area contributed by atoms with Gasteiger partial charge in [0.2, 0.25) is 0 Å². The number of halogens is 2. The van der Waals surface area contributed by atoms with Gasteiger partial charge in [-0.2, -0.15) is 0 Å². The lowest BCUT2D eigenvalue weighted by molar-refractivity contribution is 0.0913. The summed E-state index contributed by atoms with van der Waals surface area (Å²) in [5.74, 6) is 1.45. The van der Waals surface area contributed by atoms with Gasteiger partial charge >= 0.3 is 0 Å². The summed E-state index contributed by atoms with van der Waals surface area (Å²) >= 11 is 13.9. The largest absolute Gasteiger partial charge is 0.393 e. The van der Waals surface area contributed by atoms with Crippen molar-refractivity contribution in [3.8, 4) is 0 Å². The van der Waals surface area contributed by atoms with Gasteiger partial charge in [-0.15, -0.1) is 0 Å². The lowest BCUT2D eigenvalue weighted by Crippen LogP contribution is -2.42. The van der Waals surface area contributed by atoms with Crippen LogP contribution in [0.15, 0.2) is 28.1 Å². The maximum atomic E-state index is 10.5. The molecule has 1 aromatic heterocycles. The van der Waals surface area contributed by atoms with Gasteiger partial charge in [-0.05, 0) is 49.7 Å². The molecule has 168 valence electrons. The van der Waals surface area contributed by atoms with Crippen LogP contribution in [0.4, 0.5) is 5.82 Å². The Bertz CT molecular complexity index is 951. The number of rotatable bonds is 5. The number of piperidine rings is 1. The van der Waals surface area contributed by atoms with Crippen molar-refractivity contribution in [3.63, 3.8) is 0 Å². The van der Waals surface area contributed by atoms with Crippen molar-refractivity contribution in [1.29, 1.82) is 0 Å². The number of aromatic nitrogens is 2. The Balaban J connectivity index is 1.63. The summed E-state index contributed by atoms with van der Waals surface area (Å²) in [5, 5.41) is 21.8. The zero-order valence-corrected chi connectivity index (χ0v) is 20.3. The molecule has 0 radical (unpaired) electrons. The van der Waals surface area contributed by atoms with Gasteiger partial charge in [-0.1, -0.05) is 60.8 Å². The van der Waals surface area contributed by atoms with Crippen LogP contribution in [-0.4, -0.2) is 39.9 Å². The second-order valence-electron chi connectivity index (χ2n) is 8.82. The van der Waals surface area contributed by atoms with Gasteiger partial charge < -0.3 is 15.1 Å². The first-order chi connectivity index (χ1) is 14.8. The van der Waals surface area contributed by atoms with Crippen molar-refractivity contribution < 1.29 is 10.2 Å². The Morgan fingerprint density at radius 2 is 1.97 bits per heavy atom. The van der Waals surface area contributed by atoms with Gasteiger partial charge in [0.05, 0.1) is 22.3 Å². The van der Waals surface area contributed by atoms with Crippen molar-refractivity contribution in [1.82, 2.24) is 9.97 Å². The molecule has 4 rings (SSSR count). The van der Waals surface area contributed by atoms with Crippen LogP contribution in [0.5, 0.6) is 0 Å². The molecule has 5 nitrogen and oxygen atoms in total. The van der Waals surface area contributed by atoms with Gasteiger partial charge in [0.15, 0.2) is 5.82 Å².